The SMILES string of the molecule is O=C(C1C2CC3CC(C2)CC1C3)N(CCBr)C1CCCC1. The first-order valence-electron chi connectivity index (χ1n) is 9.12. The molecular formula is C18H28BrNO. The number of rotatable bonds is 4. The number of nitrogens with zero attached hydrogens (tertiary/aromatic N) is 1. The summed E-state index contributed by atoms with van der Waals surface area (Å²) in [5.41, 5.74) is 0. The summed E-state index contributed by atoms with van der Waals surface area (Å²) in [6.07, 6.45) is 12.0. The normalized spacial score (nSPS) is 41.7. The van der Waals surface area contributed by atoms with Gasteiger partial charge in [0.2, 0.25) is 5.91 Å². The lowest BCUT2D eigenvalue weighted by Crippen LogP contribution is -2.53. The fourth-order valence-electron chi connectivity index (χ4n) is 6.30. The van der Waals surface area contributed by atoms with E-state index in [2.05, 4.69) is 20.8 Å². The Hall–Kier alpha value is -0.0500. The maximum absolute atomic E-state index is 13.3. The van der Waals surface area contributed by atoms with E-state index in [9.17, 15) is 4.79 Å². The van der Waals surface area contributed by atoms with E-state index in [0.717, 1.165) is 35.5 Å². The molecule has 5 saturated carbocycles. The average molecular weight is 354 g/mol. The van der Waals surface area contributed by atoms with Gasteiger partial charge in [0.25, 0.3) is 0 Å². The molecule has 0 radical (unpaired) electrons. The molecule has 1 amide bonds. The van der Waals surface area contributed by atoms with Crippen LogP contribution in [0, 0.1) is 29.6 Å². The Morgan fingerprint density at radius 2 is 1.52 bits per heavy atom. The summed E-state index contributed by atoms with van der Waals surface area (Å²) in [6.45, 7) is 0.923. The number of hydrogen-bond acceptors (Lipinski definition) is 1. The minimum atomic E-state index is 0.387. The van der Waals surface area contributed by atoms with Crippen molar-refractivity contribution in [1.82, 2.24) is 4.90 Å². The Labute approximate surface area is 137 Å². The van der Waals surface area contributed by atoms with Gasteiger partial charge in [-0.25, -0.2) is 0 Å². The van der Waals surface area contributed by atoms with E-state index in [1.54, 1.807) is 0 Å². The molecule has 5 rings (SSSR count). The summed E-state index contributed by atoms with van der Waals surface area (Å²) < 4.78 is 0. The first-order chi connectivity index (χ1) is 10.3. The van der Waals surface area contributed by atoms with Crippen LogP contribution in [0.15, 0.2) is 0 Å². The highest BCUT2D eigenvalue weighted by atomic mass is 79.9. The standard InChI is InChI=1S/C18H28BrNO/c19-5-6-20(16-3-1-2-4-16)18(21)17-14-8-12-7-13(10-14)11-15(17)9-12/h12-17H,1-11H2. The number of amides is 1. The van der Waals surface area contributed by atoms with Crippen molar-refractivity contribution in [2.24, 2.45) is 29.6 Å². The van der Waals surface area contributed by atoms with Crippen LogP contribution in [0.4, 0.5) is 0 Å². The minimum Gasteiger partial charge on any atom is -0.339 e. The molecule has 21 heavy (non-hydrogen) atoms. The molecule has 0 aromatic carbocycles. The Kier molecular flexibility index (Phi) is 4.06. The summed E-state index contributed by atoms with van der Waals surface area (Å²) in [7, 11) is 0. The summed E-state index contributed by atoms with van der Waals surface area (Å²) in [5, 5.41) is 0.933. The molecule has 4 bridgehead atoms. The molecule has 0 aromatic heterocycles. The van der Waals surface area contributed by atoms with Crippen LogP contribution in [0.25, 0.3) is 0 Å². The monoisotopic (exact) mass is 353 g/mol. The molecule has 3 heteroatoms. The van der Waals surface area contributed by atoms with Crippen molar-refractivity contribution in [1.29, 1.82) is 0 Å². The van der Waals surface area contributed by atoms with E-state index in [1.165, 1.54) is 57.8 Å². The third-order valence-electron chi connectivity index (χ3n) is 6.89. The Morgan fingerprint density at radius 1 is 0.952 bits per heavy atom. The average Bonchev–Trinajstić information content (AvgIpc) is 2.97. The summed E-state index contributed by atoms with van der Waals surface area (Å²) in [4.78, 5) is 15.6. The molecule has 118 valence electrons. The predicted molar refractivity (Wildman–Crippen MR) is 88.3 cm³/mol. The number of carbonyl (C=O) groups excluding carboxylic acids is 1. The molecule has 0 N–H and O–H groups in total. The van der Waals surface area contributed by atoms with Gasteiger partial charge in [-0.2, -0.15) is 0 Å². The molecule has 0 atom stereocenters. The van der Waals surface area contributed by atoms with Gasteiger partial charge in [0, 0.05) is 23.8 Å². The summed E-state index contributed by atoms with van der Waals surface area (Å²) >= 11 is 3.57. The van der Waals surface area contributed by atoms with Crippen LogP contribution in [-0.2, 0) is 4.79 Å². The van der Waals surface area contributed by atoms with Crippen LogP contribution in [0.1, 0.15) is 57.8 Å². The first kappa shape index (κ1) is 14.5. The first-order valence-corrected chi connectivity index (χ1v) is 10.2. The van der Waals surface area contributed by atoms with Gasteiger partial charge in [0.15, 0.2) is 0 Å². The van der Waals surface area contributed by atoms with E-state index >= 15 is 0 Å². The third kappa shape index (κ3) is 2.58. The summed E-state index contributed by atoms with van der Waals surface area (Å²) in [6, 6.07) is 0.548. The second-order valence-electron chi connectivity index (χ2n) is 8.12. The van der Waals surface area contributed by atoms with Crippen LogP contribution < -0.4 is 0 Å². The van der Waals surface area contributed by atoms with Gasteiger partial charge in [-0.05, 0) is 68.6 Å². The van der Waals surface area contributed by atoms with Crippen LogP contribution in [0.3, 0.4) is 0 Å². The highest BCUT2D eigenvalue weighted by Crippen LogP contribution is 2.57. The number of carbonyl (C=O) groups is 1. The fourth-order valence-corrected chi connectivity index (χ4v) is 6.68. The van der Waals surface area contributed by atoms with Gasteiger partial charge < -0.3 is 4.90 Å². The van der Waals surface area contributed by atoms with E-state index in [1.807, 2.05) is 0 Å². The molecular weight excluding hydrogens is 326 g/mol. The van der Waals surface area contributed by atoms with Gasteiger partial charge in [-0.3, -0.25) is 4.79 Å². The number of halogens is 1. The van der Waals surface area contributed by atoms with Gasteiger partial charge in [-0.1, -0.05) is 28.8 Å². The third-order valence-corrected chi connectivity index (χ3v) is 7.24. The van der Waals surface area contributed by atoms with Crippen LogP contribution >= 0.6 is 15.9 Å². The van der Waals surface area contributed by atoms with Gasteiger partial charge in [0.1, 0.15) is 0 Å². The van der Waals surface area contributed by atoms with Gasteiger partial charge in [-0.15, -0.1) is 0 Å². The van der Waals surface area contributed by atoms with E-state index in [0.29, 0.717) is 17.9 Å². The topological polar surface area (TPSA) is 20.3 Å². The zero-order valence-electron chi connectivity index (χ0n) is 13.0. The van der Waals surface area contributed by atoms with Crippen molar-refractivity contribution in [2.45, 2.75) is 63.8 Å². The van der Waals surface area contributed by atoms with E-state index < -0.39 is 0 Å². The molecule has 5 fully saturated rings. The molecule has 5 aliphatic rings. The number of alkyl halides is 1. The maximum Gasteiger partial charge on any atom is 0.226 e. The van der Waals surface area contributed by atoms with Crippen molar-refractivity contribution in [3.05, 3.63) is 0 Å². The second-order valence-corrected chi connectivity index (χ2v) is 8.91. The highest BCUT2D eigenvalue weighted by molar-refractivity contribution is 9.09. The summed E-state index contributed by atoms with van der Waals surface area (Å²) in [5.74, 6) is 4.31. The fraction of sp³-hybridized carbons (Fsp3) is 0.944. The zero-order chi connectivity index (χ0) is 14.4. The minimum absolute atomic E-state index is 0.387. The lowest BCUT2D eigenvalue weighted by atomic mass is 9.51. The molecule has 0 unspecified atom stereocenters. The Bertz CT molecular complexity index is 376. The van der Waals surface area contributed by atoms with Gasteiger partial charge >= 0.3 is 0 Å². The van der Waals surface area contributed by atoms with Crippen LogP contribution in [-0.4, -0.2) is 28.7 Å². The molecule has 0 saturated heterocycles. The molecule has 0 heterocycles. The van der Waals surface area contributed by atoms with Crippen molar-refractivity contribution in [2.75, 3.05) is 11.9 Å². The van der Waals surface area contributed by atoms with Crippen molar-refractivity contribution in [3.8, 4) is 0 Å². The zero-order valence-corrected chi connectivity index (χ0v) is 14.6. The quantitative estimate of drug-likeness (QED) is 0.692. The van der Waals surface area contributed by atoms with Crippen molar-refractivity contribution < 1.29 is 4.79 Å². The molecule has 0 aliphatic heterocycles. The smallest absolute Gasteiger partial charge is 0.226 e. The van der Waals surface area contributed by atoms with Gasteiger partial charge in [0.05, 0.1) is 0 Å². The lowest BCUT2D eigenvalue weighted by Gasteiger charge is -2.54. The molecule has 2 nitrogen and oxygen atoms in total. The predicted octanol–water partition coefficient (Wildman–Crippen LogP) is 4.22. The molecule has 0 aromatic rings. The Morgan fingerprint density at radius 3 is 2.05 bits per heavy atom. The highest BCUT2D eigenvalue weighted by Gasteiger charge is 2.52. The van der Waals surface area contributed by atoms with Crippen molar-refractivity contribution in [3.63, 3.8) is 0 Å². The largest absolute Gasteiger partial charge is 0.339 e. The van der Waals surface area contributed by atoms with Crippen LogP contribution in [0.2, 0.25) is 0 Å². The van der Waals surface area contributed by atoms with Crippen molar-refractivity contribution >= 4 is 21.8 Å². The van der Waals surface area contributed by atoms with E-state index in [-0.39, 0.29) is 0 Å². The van der Waals surface area contributed by atoms with E-state index in [4.69, 9.17) is 0 Å². The van der Waals surface area contributed by atoms with Crippen LogP contribution in [0.5, 0.6) is 0 Å². The Balaban J connectivity index is 1.52. The number of hydrogen-bond donors (Lipinski definition) is 0. The maximum atomic E-state index is 13.3. The second kappa shape index (κ2) is 5.86. The molecule has 0 spiro atoms. The lowest BCUT2D eigenvalue weighted by molar-refractivity contribution is -0.151. The molecule has 5 aliphatic carbocycles.